The van der Waals surface area contributed by atoms with E-state index in [1.807, 2.05) is 12.2 Å². The van der Waals surface area contributed by atoms with Gasteiger partial charge in [-0.15, -0.1) is 0 Å². The van der Waals surface area contributed by atoms with Gasteiger partial charge in [0.25, 0.3) is 0 Å². The zero-order valence-electron chi connectivity index (χ0n) is 5.59. The predicted octanol–water partition coefficient (Wildman–Crippen LogP) is 0.865. The minimum Gasteiger partial charge on any atom is -0.298 e. The standard InChI is InChI=1S/C8H8O2/c9-6-5-7(10)8(6)3-1-2-4-8/h1-2H,3-5H2. The van der Waals surface area contributed by atoms with Crippen LogP contribution in [0, 0.1) is 5.41 Å². The Morgan fingerprint density at radius 2 is 1.60 bits per heavy atom. The molecule has 0 N–H and O–H groups in total. The van der Waals surface area contributed by atoms with Crippen LogP contribution in [-0.4, -0.2) is 11.6 Å². The van der Waals surface area contributed by atoms with Gasteiger partial charge in [-0.1, -0.05) is 12.2 Å². The van der Waals surface area contributed by atoms with Crippen LogP contribution in [0.15, 0.2) is 12.2 Å². The van der Waals surface area contributed by atoms with E-state index in [0.717, 1.165) is 0 Å². The topological polar surface area (TPSA) is 34.1 Å². The molecule has 52 valence electrons. The van der Waals surface area contributed by atoms with Crippen molar-refractivity contribution in [1.82, 2.24) is 0 Å². The first-order valence-corrected chi connectivity index (χ1v) is 3.47. The molecule has 0 aromatic rings. The van der Waals surface area contributed by atoms with E-state index < -0.39 is 5.41 Å². The van der Waals surface area contributed by atoms with Gasteiger partial charge in [-0.2, -0.15) is 0 Å². The van der Waals surface area contributed by atoms with Crippen LogP contribution in [0.5, 0.6) is 0 Å². The number of hydrogen-bond donors (Lipinski definition) is 0. The highest BCUT2D eigenvalue weighted by Gasteiger charge is 2.53. The summed E-state index contributed by atoms with van der Waals surface area (Å²) < 4.78 is 0. The summed E-state index contributed by atoms with van der Waals surface area (Å²) in [5.74, 6) is 0.282. The van der Waals surface area contributed by atoms with Crippen LogP contribution in [-0.2, 0) is 9.59 Å². The Balaban J connectivity index is 2.30. The molecule has 0 aromatic heterocycles. The molecule has 0 aromatic carbocycles. The normalized spacial score (nSPS) is 27.6. The Bertz CT molecular complexity index is 214. The van der Waals surface area contributed by atoms with Crippen LogP contribution in [0.2, 0.25) is 0 Å². The molecule has 0 atom stereocenters. The number of rotatable bonds is 0. The molecule has 2 rings (SSSR count). The van der Waals surface area contributed by atoms with Crippen molar-refractivity contribution in [3.8, 4) is 0 Å². The molecule has 0 amide bonds. The van der Waals surface area contributed by atoms with E-state index in [9.17, 15) is 9.59 Å². The molecule has 10 heavy (non-hydrogen) atoms. The van der Waals surface area contributed by atoms with E-state index in [4.69, 9.17) is 0 Å². The van der Waals surface area contributed by atoms with Crippen molar-refractivity contribution in [3.05, 3.63) is 12.2 Å². The molecule has 2 aliphatic carbocycles. The van der Waals surface area contributed by atoms with Crippen molar-refractivity contribution in [2.75, 3.05) is 0 Å². The maximum atomic E-state index is 11.0. The molecule has 1 fully saturated rings. The van der Waals surface area contributed by atoms with Gasteiger partial charge in [0.1, 0.15) is 0 Å². The largest absolute Gasteiger partial charge is 0.298 e. The van der Waals surface area contributed by atoms with Gasteiger partial charge in [-0.3, -0.25) is 9.59 Å². The van der Waals surface area contributed by atoms with E-state index in [0.29, 0.717) is 12.8 Å². The highest BCUT2D eigenvalue weighted by atomic mass is 16.2. The molecule has 0 bridgehead atoms. The maximum Gasteiger partial charge on any atom is 0.154 e. The van der Waals surface area contributed by atoms with Crippen LogP contribution in [0.25, 0.3) is 0 Å². The van der Waals surface area contributed by atoms with E-state index in [-0.39, 0.29) is 18.0 Å². The minimum absolute atomic E-state index is 0.141. The Morgan fingerprint density at radius 1 is 1.10 bits per heavy atom. The van der Waals surface area contributed by atoms with Gasteiger partial charge in [0.05, 0.1) is 11.8 Å². The molecular formula is C8H8O2. The van der Waals surface area contributed by atoms with Gasteiger partial charge in [-0.25, -0.2) is 0 Å². The SMILES string of the molecule is O=C1CC(=O)C12CC=CC2. The molecule has 2 heteroatoms. The highest BCUT2D eigenvalue weighted by molar-refractivity contribution is 6.25. The number of Topliss-reactive ketones (excluding diaryl/α,β-unsaturated/α-hetero) is 2. The van der Waals surface area contributed by atoms with Crippen LogP contribution in [0.1, 0.15) is 19.3 Å². The first-order chi connectivity index (χ1) is 4.76. The van der Waals surface area contributed by atoms with Gasteiger partial charge in [0.2, 0.25) is 0 Å². The summed E-state index contributed by atoms with van der Waals surface area (Å²) in [5, 5.41) is 0. The first-order valence-electron chi connectivity index (χ1n) is 3.47. The van der Waals surface area contributed by atoms with Crippen LogP contribution in [0.4, 0.5) is 0 Å². The Kier molecular flexibility index (Phi) is 0.914. The summed E-state index contributed by atoms with van der Waals surface area (Å²) >= 11 is 0. The van der Waals surface area contributed by atoms with Crippen molar-refractivity contribution < 1.29 is 9.59 Å². The fourth-order valence-electron chi connectivity index (χ4n) is 1.64. The second kappa shape index (κ2) is 1.57. The number of hydrogen-bond acceptors (Lipinski definition) is 2. The summed E-state index contributed by atoms with van der Waals surface area (Å²) in [6, 6.07) is 0. The monoisotopic (exact) mass is 136 g/mol. The summed E-state index contributed by atoms with van der Waals surface area (Å²) in [7, 11) is 0. The molecule has 0 radical (unpaired) electrons. The number of carbonyl (C=O) groups excluding carboxylic acids is 2. The summed E-state index contributed by atoms with van der Waals surface area (Å²) in [4.78, 5) is 22.0. The van der Waals surface area contributed by atoms with Crippen LogP contribution < -0.4 is 0 Å². The predicted molar refractivity (Wildman–Crippen MR) is 35.4 cm³/mol. The smallest absolute Gasteiger partial charge is 0.154 e. The van der Waals surface area contributed by atoms with Crippen molar-refractivity contribution in [2.45, 2.75) is 19.3 Å². The number of allylic oxidation sites excluding steroid dienone is 2. The summed E-state index contributed by atoms with van der Waals surface area (Å²) in [5.41, 5.74) is -0.556. The van der Waals surface area contributed by atoms with Gasteiger partial charge in [-0.05, 0) is 12.8 Å². The zero-order valence-corrected chi connectivity index (χ0v) is 5.59. The van der Waals surface area contributed by atoms with E-state index in [2.05, 4.69) is 0 Å². The number of ketones is 2. The lowest BCUT2D eigenvalue weighted by Gasteiger charge is -2.33. The molecule has 0 saturated heterocycles. The second-order valence-electron chi connectivity index (χ2n) is 2.98. The van der Waals surface area contributed by atoms with Gasteiger partial charge in [0, 0.05) is 0 Å². The van der Waals surface area contributed by atoms with Crippen LogP contribution in [0.3, 0.4) is 0 Å². The molecule has 0 unspecified atom stereocenters. The maximum absolute atomic E-state index is 11.0. The van der Waals surface area contributed by atoms with E-state index >= 15 is 0 Å². The van der Waals surface area contributed by atoms with Gasteiger partial charge >= 0.3 is 0 Å². The molecular weight excluding hydrogens is 128 g/mol. The van der Waals surface area contributed by atoms with E-state index in [1.54, 1.807) is 0 Å². The Labute approximate surface area is 58.9 Å². The lowest BCUT2D eigenvalue weighted by molar-refractivity contribution is -0.152. The van der Waals surface area contributed by atoms with Crippen LogP contribution >= 0.6 is 0 Å². The quantitative estimate of drug-likeness (QED) is 0.365. The lowest BCUT2D eigenvalue weighted by atomic mass is 9.65. The molecule has 0 aliphatic heterocycles. The average molecular weight is 136 g/mol. The molecule has 1 spiro atoms. The lowest BCUT2D eigenvalue weighted by Crippen LogP contribution is -2.48. The number of carbonyl (C=O) groups is 2. The third kappa shape index (κ3) is 0.451. The molecule has 2 aliphatic rings. The van der Waals surface area contributed by atoms with Gasteiger partial charge < -0.3 is 0 Å². The Morgan fingerprint density at radius 3 is 1.90 bits per heavy atom. The third-order valence-electron chi connectivity index (χ3n) is 2.49. The van der Waals surface area contributed by atoms with Crippen molar-refractivity contribution in [2.24, 2.45) is 5.41 Å². The van der Waals surface area contributed by atoms with Crippen molar-refractivity contribution >= 4 is 11.6 Å². The van der Waals surface area contributed by atoms with E-state index in [1.165, 1.54) is 0 Å². The zero-order chi connectivity index (χ0) is 7.19. The average Bonchev–Trinajstić information content (AvgIpc) is 2.37. The molecule has 1 saturated carbocycles. The summed E-state index contributed by atoms with van der Waals surface area (Å²) in [6.07, 6.45) is 5.35. The van der Waals surface area contributed by atoms with Gasteiger partial charge in [0.15, 0.2) is 11.6 Å². The molecule has 0 heterocycles. The fraction of sp³-hybridized carbons (Fsp3) is 0.500. The first kappa shape index (κ1) is 5.83. The third-order valence-corrected chi connectivity index (χ3v) is 2.49. The Hall–Kier alpha value is -0.920. The highest BCUT2D eigenvalue weighted by Crippen LogP contribution is 2.44. The fourth-order valence-corrected chi connectivity index (χ4v) is 1.64. The second-order valence-corrected chi connectivity index (χ2v) is 2.98. The molecule has 2 nitrogen and oxygen atoms in total. The minimum atomic E-state index is -0.556. The van der Waals surface area contributed by atoms with Crippen molar-refractivity contribution in [3.63, 3.8) is 0 Å². The summed E-state index contributed by atoms with van der Waals surface area (Å²) in [6.45, 7) is 0. The van der Waals surface area contributed by atoms with Crippen molar-refractivity contribution in [1.29, 1.82) is 0 Å².